The first-order chi connectivity index (χ1) is 12.0. The quantitative estimate of drug-likeness (QED) is 0.649. The second-order valence-electron chi connectivity index (χ2n) is 6.62. The van der Waals surface area contributed by atoms with Gasteiger partial charge in [0.05, 0.1) is 18.3 Å². The molecule has 1 fully saturated rings. The van der Waals surface area contributed by atoms with Crippen LogP contribution in [0.25, 0.3) is 10.9 Å². The number of nitrogens with one attached hydrogen (secondary N) is 1. The molecule has 0 aliphatic heterocycles. The van der Waals surface area contributed by atoms with Crippen molar-refractivity contribution in [1.82, 2.24) is 4.98 Å². The van der Waals surface area contributed by atoms with Crippen LogP contribution >= 0.6 is 0 Å². The number of hydrogen-bond acceptors (Lipinski definition) is 1. The molecule has 0 amide bonds. The summed E-state index contributed by atoms with van der Waals surface area (Å²) in [4.78, 5) is 3.16. The smallest absolute Gasteiger partial charge is 0.373 e. The van der Waals surface area contributed by atoms with Crippen LogP contribution in [-0.2, 0) is 17.5 Å². The molecule has 2 aromatic carbocycles. The molecule has 0 atom stereocenters. The number of ether oxygens (including phenoxy) is 1. The van der Waals surface area contributed by atoms with E-state index in [4.69, 9.17) is 4.74 Å². The first-order valence-corrected chi connectivity index (χ1v) is 8.34. The van der Waals surface area contributed by atoms with Gasteiger partial charge >= 0.3 is 6.18 Å². The predicted molar refractivity (Wildman–Crippen MR) is 90.3 cm³/mol. The van der Waals surface area contributed by atoms with Crippen molar-refractivity contribution in [2.45, 2.75) is 37.6 Å². The van der Waals surface area contributed by atoms with Gasteiger partial charge in [-0.1, -0.05) is 18.2 Å². The Morgan fingerprint density at radius 1 is 1.00 bits per heavy atom. The Bertz CT molecular complexity index is 861. The lowest BCUT2D eigenvalue weighted by Crippen LogP contribution is -2.29. The zero-order valence-corrected chi connectivity index (χ0v) is 13.5. The van der Waals surface area contributed by atoms with Crippen LogP contribution in [0.5, 0.6) is 0 Å². The van der Waals surface area contributed by atoms with Gasteiger partial charge in [0.15, 0.2) is 0 Å². The van der Waals surface area contributed by atoms with Crippen molar-refractivity contribution in [2.24, 2.45) is 0 Å². The number of rotatable bonds is 4. The van der Waals surface area contributed by atoms with Gasteiger partial charge in [-0.25, -0.2) is 0 Å². The van der Waals surface area contributed by atoms with Crippen LogP contribution in [-0.4, -0.2) is 11.1 Å². The van der Waals surface area contributed by atoms with Crippen LogP contribution in [0.2, 0.25) is 0 Å². The molecule has 25 heavy (non-hydrogen) atoms. The number of alkyl halides is 3. The van der Waals surface area contributed by atoms with E-state index in [-0.39, 0.29) is 6.10 Å². The van der Waals surface area contributed by atoms with Crippen molar-refractivity contribution < 1.29 is 17.9 Å². The van der Waals surface area contributed by atoms with E-state index in [0.717, 1.165) is 47.0 Å². The molecule has 5 heteroatoms. The summed E-state index contributed by atoms with van der Waals surface area (Å²) in [5.74, 6) is 0.291. The number of aromatic amines is 1. The van der Waals surface area contributed by atoms with E-state index in [1.54, 1.807) is 12.1 Å². The second-order valence-corrected chi connectivity index (χ2v) is 6.62. The zero-order valence-electron chi connectivity index (χ0n) is 13.5. The highest BCUT2D eigenvalue weighted by Crippen LogP contribution is 2.40. The highest BCUT2D eigenvalue weighted by molar-refractivity contribution is 5.79. The molecule has 0 spiro atoms. The molecule has 1 aromatic heterocycles. The van der Waals surface area contributed by atoms with Crippen molar-refractivity contribution in [1.29, 1.82) is 0 Å². The van der Waals surface area contributed by atoms with Gasteiger partial charge in [0.2, 0.25) is 0 Å². The van der Waals surface area contributed by atoms with Gasteiger partial charge in [0, 0.05) is 11.7 Å². The molecule has 4 rings (SSSR count). The highest BCUT2D eigenvalue weighted by atomic mass is 19.4. The van der Waals surface area contributed by atoms with E-state index in [2.05, 4.69) is 11.1 Å². The molecule has 1 aliphatic carbocycles. The number of halogens is 3. The molecule has 1 aliphatic rings. The molecule has 0 unspecified atom stereocenters. The predicted octanol–water partition coefficient (Wildman–Crippen LogP) is 5.65. The Morgan fingerprint density at radius 3 is 2.48 bits per heavy atom. The van der Waals surface area contributed by atoms with Crippen molar-refractivity contribution >= 4 is 10.9 Å². The molecule has 0 bridgehead atoms. The third-order valence-corrected chi connectivity index (χ3v) is 4.91. The average Bonchev–Trinajstić information content (AvgIpc) is 3.00. The van der Waals surface area contributed by atoms with E-state index in [0.29, 0.717) is 12.5 Å². The standard InChI is InChI=1S/C20H18F3NO/c21-20(22,23)17-4-2-14(3-5-17)16-10-18(11-16)25-12-13-1-6-19-15(9-13)7-8-24-19/h1-9,16,18,24H,10-12H2. The molecular formula is C20H18F3NO. The van der Waals surface area contributed by atoms with Gasteiger partial charge in [0.25, 0.3) is 0 Å². The minimum absolute atomic E-state index is 0.175. The minimum atomic E-state index is -4.27. The van der Waals surface area contributed by atoms with Gasteiger partial charge in [-0.2, -0.15) is 13.2 Å². The van der Waals surface area contributed by atoms with E-state index in [1.807, 2.05) is 24.4 Å². The fraction of sp³-hybridized carbons (Fsp3) is 0.300. The summed E-state index contributed by atoms with van der Waals surface area (Å²) in [6.07, 6.45) is -0.468. The number of benzene rings is 2. The van der Waals surface area contributed by atoms with Crippen molar-refractivity contribution in [3.8, 4) is 0 Å². The summed E-state index contributed by atoms with van der Waals surface area (Å²) in [7, 11) is 0. The van der Waals surface area contributed by atoms with Crippen molar-refractivity contribution in [3.05, 3.63) is 71.4 Å². The summed E-state index contributed by atoms with van der Waals surface area (Å²) in [6.45, 7) is 0.561. The van der Waals surface area contributed by atoms with Crippen molar-refractivity contribution in [3.63, 3.8) is 0 Å². The van der Waals surface area contributed by atoms with E-state index in [1.165, 1.54) is 0 Å². The number of fused-ring (bicyclic) bond motifs is 1. The molecule has 0 saturated heterocycles. The molecular weight excluding hydrogens is 327 g/mol. The molecule has 130 valence electrons. The number of H-pyrrole nitrogens is 1. The van der Waals surface area contributed by atoms with Gasteiger partial charge in [0.1, 0.15) is 0 Å². The highest BCUT2D eigenvalue weighted by Gasteiger charge is 2.33. The zero-order chi connectivity index (χ0) is 17.4. The molecule has 1 saturated carbocycles. The molecule has 1 heterocycles. The Labute approximate surface area is 143 Å². The van der Waals surface area contributed by atoms with Crippen molar-refractivity contribution in [2.75, 3.05) is 0 Å². The Morgan fingerprint density at radius 2 is 1.76 bits per heavy atom. The van der Waals surface area contributed by atoms with Crippen LogP contribution in [0.15, 0.2) is 54.7 Å². The molecule has 2 nitrogen and oxygen atoms in total. The first kappa shape index (κ1) is 16.2. The molecule has 3 aromatic rings. The maximum atomic E-state index is 12.6. The van der Waals surface area contributed by atoms with Crippen LogP contribution in [0.4, 0.5) is 13.2 Å². The van der Waals surface area contributed by atoms with E-state index < -0.39 is 11.7 Å². The summed E-state index contributed by atoms with van der Waals surface area (Å²) >= 11 is 0. The summed E-state index contributed by atoms with van der Waals surface area (Å²) in [6, 6.07) is 13.7. The third kappa shape index (κ3) is 3.42. The number of hydrogen-bond donors (Lipinski definition) is 1. The summed E-state index contributed by atoms with van der Waals surface area (Å²) < 4.78 is 43.7. The normalized spacial score (nSPS) is 20.6. The van der Waals surface area contributed by atoms with Crippen LogP contribution in [0.3, 0.4) is 0 Å². The fourth-order valence-corrected chi connectivity index (χ4v) is 3.32. The van der Waals surface area contributed by atoms with Crippen LogP contribution in [0, 0.1) is 0 Å². The maximum Gasteiger partial charge on any atom is 0.416 e. The Hall–Kier alpha value is -2.27. The SMILES string of the molecule is FC(F)(F)c1ccc(C2CC(OCc3ccc4[nH]ccc4c3)C2)cc1. The fourth-order valence-electron chi connectivity index (χ4n) is 3.32. The Kier molecular flexibility index (Phi) is 4.04. The van der Waals surface area contributed by atoms with E-state index in [9.17, 15) is 13.2 Å². The largest absolute Gasteiger partial charge is 0.416 e. The van der Waals surface area contributed by atoms with E-state index >= 15 is 0 Å². The third-order valence-electron chi connectivity index (χ3n) is 4.91. The molecule has 1 N–H and O–H groups in total. The van der Waals surface area contributed by atoms with Crippen LogP contribution < -0.4 is 0 Å². The lowest BCUT2D eigenvalue weighted by molar-refractivity contribution is -0.137. The monoisotopic (exact) mass is 345 g/mol. The maximum absolute atomic E-state index is 12.6. The minimum Gasteiger partial charge on any atom is -0.373 e. The Balaban J connectivity index is 1.30. The first-order valence-electron chi connectivity index (χ1n) is 8.34. The molecule has 0 radical (unpaired) electrons. The summed E-state index contributed by atoms with van der Waals surface area (Å²) in [5.41, 5.74) is 2.60. The second kappa shape index (κ2) is 6.23. The van der Waals surface area contributed by atoms with Gasteiger partial charge in [-0.3, -0.25) is 0 Å². The van der Waals surface area contributed by atoms with Crippen LogP contribution in [0.1, 0.15) is 35.4 Å². The lowest BCUT2D eigenvalue weighted by atomic mass is 9.77. The average molecular weight is 345 g/mol. The lowest BCUT2D eigenvalue weighted by Gasteiger charge is -2.35. The van der Waals surface area contributed by atoms with Gasteiger partial charge < -0.3 is 9.72 Å². The summed E-state index contributed by atoms with van der Waals surface area (Å²) in [5, 5.41) is 1.16. The van der Waals surface area contributed by atoms with Gasteiger partial charge in [-0.15, -0.1) is 0 Å². The number of aromatic nitrogens is 1. The van der Waals surface area contributed by atoms with Gasteiger partial charge in [-0.05, 0) is 65.6 Å². The topological polar surface area (TPSA) is 25.0 Å².